The maximum Gasteiger partial charge on any atom is 0.277 e. The number of carbonyl (C=O) groups excluding carboxylic acids is 1. The second kappa shape index (κ2) is 12.0. The molecule has 2 aromatic carbocycles. The number of carbonyl (C=O) groups is 1. The number of halogens is 1. The lowest BCUT2D eigenvalue weighted by molar-refractivity contribution is -0.135. The maximum atomic E-state index is 14.5. The smallest absolute Gasteiger partial charge is 0.277 e. The van der Waals surface area contributed by atoms with E-state index in [-0.39, 0.29) is 37.8 Å². The van der Waals surface area contributed by atoms with Crippen LogP contribution in [-0.2, 0) is 34.7 Å². The lowest BCUT2D eigenvalue weighted by Crippen LogP contribution is -2.42. The summed E-state index contributed by atoms with van der Waals surface area (Å²) in [5.41, 5.74) is 2.88. The van der Waals surface area contributed by atoms with Crippen LogP contribution in [-0.4, -0.2) is 45.2 Å². The third-order valence-corrected chi connectivity index (χ3v) is 7.42. The zero-order valence-corrected chi connectivity index (χ0v) is 23.0. The van der Waals surface area contributed by atoms with Crippen molar-refractivity contribution in [3.8, 4) is 11.4 Å². The van der Waals surface area contributed by atoms with Gasteiger partial charge in [0, 0.05) is 41.1 Å². The second-order valence-electron chi connectivity index (χ2n) is 10.5. The first-order valence-electron chi connectivity index (χ1n) is 13.9. The first-order valence-corrected chi connectivity index (χ1v) is 13.9. The lowest BCUT2D eigenvalue weighted by atomic mass is 9.93. The SMILES string of the molecule is O=C(Cn1c(-c2ccccc2)ncc(NCCCc2ccc(C3(F)COC3)cc2)c1=O)NCc1cc2cnccc2[nH]1. The highest BCUT2D eigenvalue weighted by molar-refractivity contribution is 5.80. The summed E-state index contributed by atoms with van der Waals surface area (Å²) in [5, 5.41) is 7.04. The summed E-state index contributed by atoms with van der Waals surface area (Å²) in [6, 6.07) is 20.6. The number of alkyl halides is 1. The number of pyridine rings is 1. The monoisotopic (exact) mass is 566 g/mol. The fraction of sp³-hybridized carbons (Fsp3) is 0.250. The summed E-state index contributed by atoms with van der Waals surface area (Å²) in [7, 11) is 0. The van der Waals surface area contributed by atoms with Gasteiger partial charge in [-0.2, -0.15) is 0 Å². The number of anilines is 1. The highest BCUT2D eigenvalue weighted by Crippen LogP contribution is 2.33. The van der Waals surface area contributed by atoms with Crippen LogP contribution in [0.15, 0.2) is 90.1 Å². The first kappa shape index (κ1) is 27.3. The Bertz CT molecular complexity index is 1710. The van der Waals surface area contributed by atoms with Gasteiger partial charge in [-0.1, -0.05) is 54.6 Å². The van der Waals surface area contributed by atoms with Gasteiger partial charge in [-0.3, -0.25) is 19.1 Å². The summed E-state index contributed by atoms with van der Waals surface area (Å²) in [5.74, 6) is 0.109. The van der Waals surface area contributed by atoms with E-state index in [9.17, 15) is 14.0 Å². The van der Waals surface area contributed by atoms with Crippen molar-refractivity contribution in [2.45, 2.75) is 31.6 Å². The Hall–Kier alpha value is -4.83. The van der Waals surface area contributed by atoms with E-state index >= 15 is 0 Å². The zero-order valence-electron chi connectivity index (χ0n) is 23.0. The normalized spacial score (nSPS) is 13.9. The van der Waals surface area contributed by atoms with Crippen molar-refractivity contribution < 1.29 is 13.9 Å². The van der Waals surface area contributed by atoms with Crippen molar-refractivity contribution in [3.63, 3.8) is 0 Å². The van der Waals surface area contributed by atoms with E-state index < -0.39 is 5.67 Å². The Labute approximate surface area is 241 Å². The number of nitrogens with zero attached hydrogens (tertiary/aromatic N) is 3. The first-order chi connectivity index (χ1) is 20.5. The quantitative estimate of drug-likeness (QED) is 0.205. The number of nitrogens with one attached hydrogen (secondary N) is 3. The van der Waals surface area contributed by atoms with Crippen LogP contribution in [0.5, 0.6) is 0 Å². The molecule has 0 atom stereocenters. The molecule has 1 aliphatic heterocycles. The molecule has 0 saturated carbocycles. The zero-order chi connectivity index (χ0) is 28.9. The standard InChI is InChI=1S/C32H31FN6O3/c33-32(20-42-21-32)25-10-8-22(9-11-25)5-4-13-35-28-18-37-30(23-6-2-1-3-7-23)39(31(28)41)19-29(40)36-17-26-15-24-16-34-14-12-27(24)38-26/h1-3,6-12,14-16,18,35,38H,4-5,13,17,19-21H2,(H,36,40). The van der Waals surface area contributed by atoms with E-state index in [0.29, 0.717) is 23.6 Å². The third kappa shape index (κ3) is 5.94. The van der Waals surface area contributed by atoms with Crippen LogP contribution in [0.2, 0.25) is 0 Å². The van der Waals surface area contributed by atoms with Crippen LogP contribution in [0.3, 0.4) is 0 Å². The Kier molecular flexibility index (Phi) is 7.78. The van der Waals surface area contributed by atoms with Crippen LogP contribution < -0.4 is 16.2 Å². The van der Waals surface area contributed by atoms with E-state index in [4.69, 9.17) is 4.74 Å². The highest BCUT2D eigenvalue weighted by Gasteiger charge is 2.40. The molecule has 42 heavy (non-hydrogen) atoms. The van der Waals surface area contributed by atoms with Gasteiger partial charge in [-0.25, -0.2) is 9.37 Å². The topological polar surface area (TPSA) is 114 Å². The predicted octanol–water partition coefficient (Wildman–Crippen LogP) is 4.34. The van der Waals surface area contributed by atoms with Crippen LogP contribution in [0.1, 0.15) is 23.2 Å². The largest absolute Gasteiger partial charge is 0.379 e. The van der Waals surface area contributed by atoms with Gasteiger partial charge in [-0.15, -0.1) is 0 Å². The number of aromatic amines is 1. The van der Waals surface area contributed by atoms with Gasteiger partial charge < -0.3 is 20.4 Å². The molecule has 0 spiro atoms. The lowest BCUT2D eigenvalue weighted by Gasteiger charge is -2.34. The van der Waals surface area contributed by atoms with E-state index in [1.54, 1.807) is 12.4 Å². The Balaban J connectivity index is 1.11. The fourth-order valence-corrected chi connectivity index (χ4v) is 5.03. The number of aryl methyl sites for hydroxylation is 1. The summed E-state index contributed by atoms with van der Waals surface area (Å²) in [6.07, 6.45) is 6.50. The minimum Gasteiger partial charge on any atom is -0.379 e. The van der Waals surface area contributed by atoms with Crippen molar-refractivity contribution in [2.24, 2.45) is 0 Å². The summed E-state index contributed by atoms with van der Waals surface area (Å²) in [6.45, 7) is 0.852. The molecule has 3 aromatic heterocycles. The van der Waals surface area contributed by atoms with E-state index in [2.05, 4.69) is 25.6 Å². The van der Waals surface area contributed by atoms with E-state index in [1.807, 2.05) is 66.7 Å². The molecule has 0 aliphatic carbocycles. The molecular formula is C32H31FN6O3. The number of benzene rings is 2. The molecule has 0 unspecified atom stereocenters. The molecule has 10 heteroatoms. The molecule has 4 heterocycles. The number of hydrogen-bond acceptors (Lipinski definition) is 6. The van der Waals surface area contributed by atoms with Crippen LogP contribution in [0.4, 0.5) is 10.1 Å². The molecule has 1 fully saturated rings. The number of hydrogen-bond donors (Lipinski definition) is 3. The summed E-state index contributed by atoms with van der Waals surface area (Å²) < 4.78 is 20.9. The van der Waals surface area contributed by atoms with E-state index in [0.717, 1.165) is 40.6 Å². The van der Waals surface area contributed by atoms with Crippen LogP contribution in [0.25, 0.3) is 22.3 Å². The van der Waals surface area contributed by atoms with Gasteiger partial charge in [0.1, 0.15) is 18.1 Å². The average molecular weight is 567 g/mol. The molecular weight excluding hydrogens is 535 g/mol. The fourth-order valence-electron chi connectivity index (χ4n) is 5.03. The van der Waals surface area contributed by atoms with Crippen LogP contribution >= 0.6 is 0 Å². The van der Waals surface area contributed by atoms with Gasteiger partial charge in [0.05, 0.1) is 26.0 Å². The molecule has 214 valence electrons. The number of fused-ring (bicyclic) bond motifs is 1. The van der Waals surface area contributed by atoms with E-state index in [1.165, 1.54) is 10.8 Å². The van der Waals surface area contributed by atoms with Crippen molar-refractivity contribution >= 4 is 22.5 Å². The Morgan fingerprint density at radius 3 is 2.62 bits per heavy atom. The number of rotatable bonds is 11. The molecule has 1 amide bonds. The van der Waals surface area contributed by atoms with Crippen LogP contribution in [0, 0.1) is 0 Å². The molecule has 0 bridgehead atoms. The molecule has 3 N–H and O–H groups in total. The number of H-pyrrole nitrogens is 1. The van der Waals surface area contributed by atoms with Gasteiger partial charge in [0.2, 0.25) is 5.91 Å². The molecule has 0 radical (unpaired) electrons. The highest BCUT2D eigenvalue weighted by atomic mass is 19.1. The van der Waals surface area contributed by atoms with Crippen molar-refractivity contribution in [3.05, 3.63) is 112 Å². The van der Waals surface area contributed by atoms with Crippen molar-refractivity contribution in [1.82, 2.24) is 24.8 Å². The Morgan fingerprint density at radius 1 is 1.07 bits per heavy atom. The molecule has 6 rings (SSSR count). The van der Waals surface area contributed by atoms with Gasteiger partial charge in [0.25, 0.3) is 5.56 Å². The molecule has 5 aromatic rings. The molecule has 1 saturated heterocycles. The predicted molar refractivity (Wildman–Crippen MR) is 159 cm³/mol. The maximum absolute atomic E-state index is 14.5. The van der Waals surface area contributed by atoms with Gasteiger partial charge >= 0.3 is 0 Å². The number of amides is 1. The molecule has 9 nitrogen and oxygen atoms in total. The number of aromatic nitrogens is 4. The summed E-state index contributed by atoms with van der Waals surface area (Å²) >= 11 is 0. The third-order valence-electron chi connectivity index (χ3n) is 7.42. The Morgan fingerprint density at radius 2 is 1.88 bits per heavy atom. The van der Waals surface area contributed by atoms with Crippen molar-refractivity contribution in [2.75, 3.05) is 25.1 Å². The van der Waals surface area contributed by atoms with Crippen molar-refractivity contribution in [1.29, 1.82) is 0 Å². The number of ether oxygens (including phenoxy) is 1. The average Bonchev–Trinajstić information content (AvgIpc) is 3.43. The van der Waals surface area contributed by atoms with Gasteiger partial charge in [0.15, 0.2) is 5.67 Å². The summed E-state index contributed by atoms with van der Waals surface area (Å²) in [4.78, 5) is 38.5. The second-order valence-corrected chi connectivity index (χ2v) is 10.5. The van der Waals surface area contributed by atoms with Gasteiger partial charge in [-0.05, 0) is 36.1 Å². The minimum atomic E-state index is -1.37. The minimum absolute atomic E-state index is 0.106. The molecule has 1 aliphatic rings.